The number of nitrogens with one attached hydrogen (secondary N) is 1. The zero-order valence-electron chi connectivity index (χ0n) is 12.9. The molecule has 0 atom stereocenters. The Bertz CT molecular complexity index is 853. The van der Waals surface area contributed by atoms with E-state index in [1.54, 1.807) is 11.3 Å². The summed E-state index contributed by atoms with van der Waals surface area (Å²) in [7, 11) is 0. The van der Waals surface area contributed by atoms with Crippen LogP contribution in [-0.2, 0) is 0 Å². The van der Waals surface area contributed by atoms with Crippen molar-refractivity contribution in [3.63, 3.8) is 0 Å². The molecule has 1 aliphatic heterocycles. The number of hydrogen-bond donors (Lipinski definition) is 1. The van der Waals surface area contributed by atoms with E-state index in [-0.39, 0.29) is 5.92 Å². The fourth-order valence-corrected chi connectivity index (χ4v) is 3.66. The van der Waals surface area contributed by atoms with Gasteiger partial charge in [-0.3, -0.25) is 0 Å². The second kappa shape index (κ2) is 6.12. The number of rotatable bonds is 2. The molecule has 112 valence electrons. The lowest BCUT2D eigenvalue weighted by Crippen LogP contribution is -2.23. The van der Waals surface area contributed by atoms with Gasteiger partial charge in [0, 0.05) is 16.3 Å². The lowest BCUT2D eigenvalue weighted by atomic mass is 9.81. The highest BCUT2D eigenvalue weighted by molar-refractivity contribution is 7.13. The van der Waals surface area contributed by atoms with Crippen LogP contribution in [0.1, 0.15) is 25.3 Å². The fraction of sp³-hybridized carbons (Fsp3) is 0.158. The second-order valence-electron chi connectivity index (χ2n) is 5.46. The summed E-state index contributed by atoms with van der Waals surface area (Å²) >= 11 is 1.68. The average molecular weight is 317 g/mol. The molecule has 0 aliphatic carbocycles. The van der Waals surface area contributed by atoms with Gasteiger partial charge in [-0.2, -0.15) is 10.5 Å². The minimum Gasteiger partial charge on any atom is -0.361 e. The normalized spacial score (nSPS) is 15.1. The molecule has 1 N–H and O–H groups in total. The topological polar surface area (TPSA) is 59.6 Å². The van der Waals surface area contributed by atoms with Gasteiger partial charge < -0.3 is 5.32 Å². The average Bonchev–Trinajstić information content (AvgIpc) is 3.09. The Labute approximate surface area is 139 Å². The van der Waals surface area contributed by atoms with Crippen LogP contribution in [0.15, 0.2) is 64.3 Å². The number of thiophene rings is 1. The summed E-state index contributed by atoms with van der Waals surface area (Å²) in [5.74, 6) is -0.300. The first-order chi connectivity index (χ1) is 11.2. The van der Waals surface area contributed by atoms with E-state index in [9.17, 15) is 10.5 Å². The van der Waals surface area contributed by atoms with E-state index in [1.165, 1.54) is 4.88 Å². The number of nitrogens with zero attached hydrogens (tertiary/aromatic N) is 2. The third-order valence-corrected chi connectivity index (χ3v) is 4.95. The standard InChI is InChI=1S/C19H15N3S/c1-12-16(10-20)19(17(11-21)13(2)22-12)15-6-3-5-14(9-15)18-7-4-8-23-18/h3-9,19,22H,1-2H3. The number of nitriles is 2. The Morgan fingerprint density at radius 2 is 1.70 bits per heavy atom. The molecule has 0 saturated carbocycles. The largest absolute Gasteiger partial charge is 0.361 e. The molecule has 0 saturated heterocycles. The van der Waals surface area contributed by atoms with Gasteiger partial charge >= 0.3 is 0 Å². The molecular formula is C19H15N3S. The molecule has 0 fully saturated rings. The number of dihydropyridines is 1. The van der Waals surface area contributed by atoms with Crippen molar-refractivity contribution in [3.05, 3.63) is 69.9 Å². The molecule has 0 radical (unpaired) electrons. The molecule has 0 spiro atoms. The van der Waals surface area contributed by atoms with Crippen molar-refractivity contribution >= 4 is 11.3 Å². The molecule has 0 bridgehead atoms. The SMILES string of the molecule is CC1=C(C#N)C(c2cccc(-c3cccs3)c2)C(C#N)=C(C)N1. The number of benzene rings is 1. The fourth-order valence-electron chi connectivity index (χ4n) is 2.94. The Morgan fingerprint density at radius 3 is 2.26 bits per heavy atom. The molecule has 0 unspecified atom stereocenters. The summed E-state index contributed by atoms with van der Waals surface area (Å²) in [4.78, 5) is 1.18. The van der Waals surface area contributed by atoms with Crippen molar-refractivity contribution in [3.8, 4) is 22.6 Å². The Hall–Kier alpha value is -2.82. The van der Waals surface area contributed by atoms with E-state index in [1.807, 2.05) is 37.4 Å². The van der Waals surface area contributed by atoms with E-state index in [0.717, 1.165) is 22.5 Å². The molecule has 2 heterocycles. The highest BCUT2D eigenvalue weighted by Gasteiger charge is 2.29. The van der Waals surface area contributed by atoms with E-state index in [0.29, 0.717) is 11.1 Å². The van der Waals surface area contributed by atoms with Crippen LogP contribution in [0.2, 0.25) is 0 Å². The molecule has 1 aromatic carbocycles. The van der Waals surface area contributed by atoms with Crippen molar-refractivity contribution in [1.82, 2.24) is 5.32 Å². The third kappa shape index (κ3) is 2.65. The van der Waals surface area contributed by atoms with Gasteiger partial charge in [-0.25, -0.2) is 0 Å². The lowest BCUT2D eigenvalue weighted by Gasteiger charge is -2.26. The number of allylic oxidation sites excluding steroid dienone is 4. The van der Waals surface area contributed by atoms with Crippen molar-refractivity contribution in [2.45, 2.75) is 19.8 Å². The zero-order chi connectivity index (χ0) is 16.4. The van der Waals surface area contributed by atoms with E-state index >= 15 is 0 Å². The van der Waals surface area contributed by atoms with Crippen molar-refractivity contribution < 1.29 is 0 Å². The van der Waals surface area contributed by atoms with Crippen molar-refractivity contribution in [1.29, 1.82) is 10.5 Å². The summed E-state index contributed by atoms with van der Waals surface area (Å²) in [6, 6.07) is 16.8. The van der Waals surface area contributed by atoms with Crippen molar-refractivity contribution in [2.24, 2.45) is 0 Å². The molecule has 1 aliphatic rings. The van der Waals surface area contributed by atoms with Gasteiger partial charge in [0.15, 0.2) is 0 Å². The summed E-state index contributed by atoms with van der Waals surface area (Å²) in [5.41, 5.74) is 4.93. The van der Waals surface area contributed by atoms with Gasteiger partial charge in [-0.15, -0.1) is 11.3 Å². The first-order valence-corrected chi connectivity index (χ1v) is 8.16. The highest BCUT2D eigenvalue weighted by Crippen LogP contribution is 2.38. The van der Waals surface area contributed by atoms with E-state index in [2.05, 4.69) is 35.7 Å². The van der Waals surface area contributed by atoms with Crippen LogP contribution >= 0.6 is 11.3 Å². The molecule has 1 aromatic heterocycles. The van der Waals surface area contributed by atoms with Gasteiger partial charge in [0.25, 0.3) is 0 Å². The maximum Gasteiger partial charge on any atom is 0.0975 e. The van der Waals surface area contributed by atoms with Gasteiger partial charge in [-0.1, -0.05) is 24.3 Å². The summed E-state index contributed by atoms with van der Waals surface area (Å²) < 4.78 is 0. The van der Waals surface area contributed by atoms with Crippen LogP contribution in [0.4, 0.5) is 0 Å². The summed E-state index contributed by atoms with van der Waals surface area (Å²) in [6.45, 7) is 3.76. The van der Waals surface area contributed by atoms with Crippen LogP contribution < -0.4 is 5.32 Å². The molecular weight excluding hydrogens is 302 g/mol. The van der Waals surface area contributed by atoms with Gasteiger partial charge in [0.2, 0.25) is 0 Å². The van der Waals surface area contributed by atoms with Crippen LogP contribution in [0.25, 0.3) is 10.4 Å². The summed E-state index contributed by atoms with van der Waals surface area (Å²) in [6.07, 6.45) is 0. The molecule has 3 rings (SSSR count). The third-order valence-electron chi connectivity index (χ3n) is 4.03. The van der Waals surface area contributed by atoms with Gasteiger partial charge in [0.1, 0.15) is 0 Å². The maximum atomic E-state index is 9.57. The highest BCUT2D eigenvalue weighted by atomic mass is 32.1. The molecule has 4 heteroatoms. The zero-order valence-corrected chi connectivity index (χ0v) is 13.7. The van der Waals surface area contributed by atoms with Crippen LogP contribution in [0, 0.1) is 22.7 Å². The predicted octanol–water partition coefficient (Wildman–Crippen LogP) is 4.70. The Morgan fingerprint density at radius 1 is 1.00 bits per heavy atom. The number of hydrogen-bond acceptors (Lipinski definition) is 4. The Balaban J connectivity index is 2.15. The first-order valence-electron chi connectivity index (χ1n) is 7.28. The molecule has 0 amide bonds. The smallest absolute Gasteiger partial charge is 0.0975 e. The lowest BCUT2D eigenvalue weighted by molar-refractivity contribution is 0.814. The van der Waals surface area contributed by atoms with Crippen LogP contribution in [0.3, 0.4) is 0 Å². The summed E-state index contributed by atoms with van der Waals surface area (Å²) in [5, 5.41) is 24.3. The predicted molar refractivity (Wildman–Crippen MR) is 92.3 cm³/mol. The molecule has 3 nitrogen and oxygen atoms in total. The minimum atomic E-state index is -0.300. The van der Waals surface area contributed by atoms with Gasteiger partial charge in [0.05, 0.1) is 29.2 Å². The minimum absolute atomic E-state index is 0.300. The quantitative estimate of drug-likeness (QED) is 0.873. The molecule has 23 heavy (non-hydrogen) atoms. The monoisotopic (exact) mass is 317 g/mol. The Kier molecular flexibility index (Phi) is 4.02. The molecule has 2 aromatic rings. The van der Waals surface area contributed by atoms with E-state index in [4.69, 9.17) is 0 Å². The second-order valence-corrected chi connectivity index (χ2v) is 6.41. The van der Waals surface area contributed by atoms with Gasteiger partial charge in [-0.05, 0) is 42.5 Å². The van der Waals surface area contributed by atoms with Crippen LogP contribution in [0.5, 0.6) is 0 Å². The first kappa shape index (κ1) is 15.1. The van der Waals surface area contributed by atoms with Crippen molar-refractivity contribution in [2.75, 3.05) is 0 Å². The van der Waals surface area contributed by atoms with E-state index < -0.39 is 0 Å². The maximum absolute atomic E-state index is 9.57. The van der Waals surface area contributed by atoms with Crippen LogP contribution in [-0.4, -0.2) is 0 Å².